The van der Waals surface area contributed by atoms with E-state index in [9.17, 15) is 9.59 Å². The van der Waals surface area contributed by atoms with Crippen LogP contribution < -0.4 is 11.1 Å². The van der Waals surface area contributed by atoms with Gasteiger partial charge >= 0.3 is 0 Å². The number of hydrogen-bond acceptors (Lipinski definition) is 4. The van der Waals surface area contributed by atoms with Crippen LogP contribution in [0.2, 0.25) is 0 Å². The molecule has 0 N–H and O–H groups in total. The van der Waals surface area contributed by atoms with Crippen molar-refractivity contribution >= 4 is 71.5 Å². The van der Waals surface area contributed by atoms with Crippen molar-refractivity contribution in [1.29, 1.82) is 0 Å². The molecule has 0 saturated carbocycles. The van der Waals surface area contributed by atoms with Crippen molar-refractivity contribution in [2.24, 2.45) is 0 Å². The molecule has 9 aromatic rings. The van der Waals surface area contributed by atoms with Gasteiger partial charge in [-0.25, -0.2) is 9.97 Å². The van der Waals surface area contributed by atoms with Gasteiger partial charge in [0.05, 0.1) is 22.4 Å². The second kappa shape index (κ2) is 7.52. The second-order valence-electron chi connectivity index (χ2n) is 10.6. The van der Waals surface area contributed by atoms with E-state index in [0.29, 0.717) is 22.1 Å². The Morgan fingerprint density at radius 2 is 1.17 bits per heavy atom. The van der Waals surface area contributed by atoms with Gasteiger partial charge < -0.3 is 0 Å². The first kappa shape index (κ1) is 22.2. The van der Waals surface area contributed by atoms with Crippen LogP contribution in [0.15, 0.2) is 101 Å². The summed E-state index contributed by atoms with van der Waals surface area (Å²) in [5.74, 6) is 0. The summed E-state index contributed by atoms with van der Waals surface area (Å²) >= 11 is 0. The van der Waals surface area contributed by atoms with E-state index < -0.39 is 0 Å². The van der Waals surface area contributed by atoms with Gasteiger partial charge in [0, 0.05) is 32.3 Å². The van der Waals surface area contributed by atoms with E-state index >= 15 is 0 Å². The van der Waals surface area contributed by atoms with Gasteiger partial charge in [0.25, 0.3) is 11.1 Å². The van der Waals surface area contributed by atoms with E-state index in [1.54, 1.807) is 14.9 Å². The third kappa shape index (κ3) is 2.62. The van der Waals surface area contributed by atoms with Crippen molar-refractivity contribution < 1.29 is 0 Å². The summed E-state index contributed by atoms with van der Waals surface area (Å²) in [5.41, 5.74) is 6.20. The Balaban J connectivity index is 1.43. The van der Waals surface area contributed by atoms with Crippen molar-refractivity contribution in [3.63, 3.8) is 0 Å². The molecule has 4 aromatic heterocycles. The number of rotatable bonds is 2. The quantitative estimate of drug-likeness (QED) is 0.243. The predicted octanol–water partition coefficient (Wildman–Crippen LogP) is 6.96. The lowest BCUT2D eigenvalue weighted by molar-refractivity contribution is 1.12. The standard InChI is InChI=1S/C35H20N4O2/c1-3-28-18(2)36-32-23-10-6-8-21-19(14-16-25(30(21)23)34(40)38(28)32)20-15-17-26-31-22(20)9-7-11-24(31)33-37-27-12-4-5-13-29(27)39(33)35(26)41/h3-17H,1H2,2H3. The number of nitrogens with zero attached hydrogens (tertiary/aromatic N) is 4. The minimum atomic E-state index is -0.104. The molecule has 5 aromatic carbocycles. The summed E-state index contributed by atoms with van der Waals surface area (Å²) in [5, 5.41) is 6.87. The van der Waals surface area contributed by atoms with Gasteiger partial charge in [-0.15, -0.1) is 0 Å². The molecule has 192 valence electrons. The van der Waals surface area contributed by atoms with Crippen LogP contribution in [-0.4, -0.2) is 18.8 Å². The van der Waals surface area contributed by atoms with Crippen LogP contribution in [0, 0.1) is 6.92 Å². The normalized spacial score (nSPS) is 12.3. The maximum atomic E-state index is 13.8. The summed E-state index contributed by atoms with van der Waals surface area (Å²) in [4.78, 5) is 37.2. The number of benzene rings is 5. The Morgan fingerprint density at radius 3 is 1.80 bits per heavy atom. The van der Waals surface area contributed by atoms with Crippen LogP contribution in [0.4, 0.5) is 0 Å². The number of aromatic nitrogens is 4. The molecule has 0 radical (unpaired) electrons. The minimum absolute atomic E-state index is 0.0772. The molecule has 0 amide bonds. The van der Waals surface area contributed by atoms with Crippen LogP contribution in [0.3, 0.4) is 0 Å². The van der Waals surface area contributed by atoms with Crippen LogP contribution in [0.25, 0.3) is 82.6 Å². The summed E-state index contributed by atoms with van der Waals surface area (Å²) < 4.78 is 3.39. The van der Waals surface area contributed by atoms with E-state index in [4.69, 9.17) is 9.97 Å². The van der Waals surface area contributed by atoms with E-state index in [1.165, 1.54) is 0 Å². The molecule has 0 aliphatic carbocycles. The van der Waals surface area contributed by atoms with Crippen LogP contribution in [0.1, 0.15) is 11.4 Å². The topological polar surface area (TPSA) is 68.7 Å². The summed E-state index contributed by atoms with van der Waals surface area (Å²) in [7, 11) is 0. The van der Waals surface area contributed by atoms with E-state index in [-0.39, 0.29) is 11.1 Å². The van der Waals surface area contributed by atoms with Crippen LogP contribution in [0.5, 0.6) is 0 Å². The molecule has 0 saturated heterocycles. The first-order chi connectivity index (χ1) is 20.1. The van der Waals surface area contributed by atoms with Gasteiger partial charge in [0.2, 0.25) is 0 Å². The maximum Gasteiger partial charge on any atom is 0.264 e. The zero-order valence-electron chi connectivity index (χ0n) is 22.0. The molecular formula is C35H20N4O2. The van der Waals surface area contributed by atoms with Gasteiger partial charge in [-0.3, -0.25) is 18.4 Å². The van der Waals surface area contributed by atoms with Gasteiger partial charge in [0.1, 0.15) is 11.3 Å². The van der Waals surface area contributed by atoms with E-state index in [0.717, 1.165) is 65.9 Å². The molecule has 0 spiro atoms. The zero-order valence-corrected chi connectivity index (χ0v) is 22.0. The summed E-state index contributed by atoms with van der Waals surface area (Å²) in [6.45, 7) is 5.81. The molecule has 6 heteroatoms. The molecule has 9 rings (SSSR count). The molecule has 0 atom stereocenters. The Kier molecular flexibility index (Phi) is 4.08. The number of aryl methyl sites for hydroxylation is 1. The highest BCUT2D eigenvalue weighted by Crippen LogP contribution is 2.40. The molecular weight excluding hydrogens is 508 g/mol. The van der Waals surface area contributed by atoms with Crippen LogP contribution >= 0.6 is 0 Å². The average molecular weight is 529 g/mol. The lowest BCUT2D eigenvalue weighted by Gasteiger charge is -2.15. The van der Waals surface area contributed by atoms with Crippen LogP contribution in [-0.2, 0) is 0 Å². The predicted molar refractivity (Wildman–Crippen MR) is 167 cm³/mol. The van der Waals surface area contributed by atoms with Crippen molar-refractivity contribution in [3.05, 3.63) is 124 Å². The maximum absolute atomic E-state index is 13.8. The molecule has 0 bridgehead atoms. The Bertz CT molecular complexity index is 2720. The monoisotopic (exact) mass is 528 g/mol. The molecule has 0 aliphatic heterocycles. The molecule has 4 heterocycles. The highest BCUT2D eigenvalue weighted by Gasteiger charge is 2.21. The van der Waals surface area contributed by atoms with Gasteiger partial charge in [-0.2, -0.15) is 0 Å². The highest BCUT2D eigenvalue weighted by molar-refractivity contribution is 6.23. The Hall–Kier alpha value is -5.62. The minimum Gasteiger partial charge on any atom is -0.268 e. The molecule has 0 fully saturated rings. The number of hydrogen-bond donors (Lipinski definition) is 0. The number of para-hydroxylation sites is 2. The molecule has 41 heavy (non-hydrogen) atoms. The SMILES string of the molecule is C=Cc1c(C)nc2c3cccc4c(-c5ccc6c(=O)n7c8ccccc8nc7c7cccc5c67)ccc(c(=O)n12)c43. The zero-order chi connectivity index (χ0) is 27.6. The Labute approximate surface area is 231 Å². The van der Waals surface area contributed by atoms with Crippen molar-refractivity contribution in [3.8, 4) is 11.1 Å². The fraction of sp³-hybridized carbons (Fsp3) is 0.0286. The van der Waals surface area contributed by atoms with Gasteiger partial charge in [-0.1, -0.05) is 67.2 Å². The lowest BCUT2D eigenvalue weighted by Crippen LogP contribution is -2.15. The Morgan fingerprint density at radius 1 is 0.610 bits per heavy atom. The largest absolute Gasteiger partial charge is 0.268 e. The highest BCUT2D eigenvalue weighted by atomic mass is 16.1. The number of fused-ring (bicyclic) bond motifs is 6. The smallest absolute Gasteiger partial charge is 0.264 e. The second-order valence-corrected chi connectivity index (χ2v) is 10.6. The van der Waals surface area contributed by atoms with Crippen molar-refractivity contribution in [2.75, 3.05) is 0 Å². The molecule has 0 aliphatic rings. The first-order valence-electron chi connectivity index (χ1n) is 13.5. The van der Waals surface area contributed by atoms with E-state index in [1.807, 2.05) is 79.7 Å². The number of imidazole rings is 2. The number of pyridine rings is 2. The van der Waals surface area contributed by atoms with Crippen molar-refractivity contribution in [1.82, 2.24) is 18.8 Å². The fourth-order valence-corrected chi connectivity index (χ4v) is 6.83. The summed E-state index contributed by atoms with van der Waals surface area (Å²) in [6.07, 6.45) is 1.69. The first-order valence-corrected chi connectivity index (χ1v) is 13.5. The van der Waals surface area contributed by atoms with Gasteiger partial charge in [0.15, 0.2) is 0 Å². The summed E-state index contributed by atoms with van der Waals surface area (Å²) in [6, 6.07) is 27.8. The van der Waals surface area contributed by atoms with E-state index in [2.05, 4.69) is 18.7 Å². The fourth-order valence-electron chi connectivity index (χ4n) is 6.83. The lowest BCUT2D eigenvalue weighted by atomic mass is 9.90. The molecule has 0 unspecified atom stereocenters. The van der Waals surface area contributed by atoms with Gasteiger partial charge in [-0.05, 0) is 59.2 Å². The average Bonchev–Trinajstić information content (AvgIpc) is 3.56. The molecule has 6 nitrogen and oxygen atoms in total. The van der Waals surface area contributed by atoms with Crippen molar-refractivity contribution in [2.45, 2.75) is 6.92 Å². The third-order valence-corrected chi connectivity index (χ3v) is 8.57. The third-order valence-electron chi connectivity index (χ3n) is 8.57.